The highest BCUT2D eigenvalue weighted by Gasteiger charge is 2.09. The third-order valence-corrected chi connectivity index (χ3v) is 1.43. The fourth-order valence-corrected chi connectivity index (χ4v) is 0.871. The molecule has 0 aromatic carbocycles. The van der Waals surface area contributed by atoms with Gasteiger partial charge in [-0.15, -0.1) is 24.0 Å². The van der Waals surface area contributed by atoms with Gasteiger partial charge in [-0.25, -0.2) is 0 Å². The van der Waals surface area contributed by atoms with E-state index in [9.17, 15) is 4.79 Å². The molecule has 5 heteroatoms. The van der Waals surface area contributed by atoms with Crippen LogP contribution in [0.4, 0.5) is 0 Å². The van der Waals surface area contributed by atoms with Crippen LogP contribution < -0.4 is 5.32 Å². The predicted molar refractivity (Wildman–Crippen MR) is 49.4 cm³/mol. The fraction of sp³-hybridized carbons (Fsp3) is 0.500. The molecule has 0 aromatic rings. The van der Waals surface area contributed by atoms with Crippen LogP contribution in [-0.4, -0.2) is 23.9 Å². The summed E-state index contributed by atoms with van der Waals surface area (Å²) in [5.41, 5.74) is 0. The number of thioether (sulfide) groups is 1. The Morgan fingerprint density at radius 1 is 1.78 bits per heavy atom. The largest absolute Gasteiger partial charge is 0.355 e. The maximum atomic E-state index is 10.3. The van der Waals surface area contributed by atoms with Crippen LogP contribution in [0.3, 0.4) is 0 Å². The number of halogens is 1. The zero-order valence-corrected chi connectivity index (χ0v) is 8.03. The van der Waals surface area contributed by atoms with Crippen LogP contribution in [-0.2, 0) is 4.79 Å². The molecule has 0 atom stereocenters. The number of carbonyl (C=O) groups excluding carboxylic acids is 1. The highest BCUT2D eigenvalue weighted by atomic mass is 127. The molecule has 0 saturated heterocycles. The molecule has 3 nitrogen and oxygen atoms in total. The predicted octanol–water partition coefficient (Wildman–Crippen LogP) is 0.453. The molecular formula is C4H7IN2OS. The van der Waals surface area contributed by atoms with E-state index >= 15 is 0 Å². The fourth-order valence-electron chi connectivity index (χ4n) is 0.461. The Labute approximate surface area is 74.7 Å². The van der Waals surface area contributed by atoms with E-state index < -0.39 is 0 Å². The number of rotatable bonds is 0. The first kappa shape index (κ1) is 9.22. The molecule has 0 saturated carbocycles. The van der Waals surface area contributed by atoms with Crippen LogP contribution in [0, 0.1) is 0 Å². The van der Waals surface area contributed by atoms with E-state index in [1.807, 2.05) is 6.26 Å². The summed E-state index contributed by atoms with van der Waals surface area (Å²) in [5, 5.41) is 3.55. The maximum Gasteiger partial charge on any atom is 0.267 e. The molecule has 1 rings (SSSR count). The van der Waals surface area contributed by atoms with Crippen LogP contribution in [0.1, 0.15) is 0 Å². The van der Waals surface area contributed by atoms with Gasteiger partial charge in [-0.2, -0.15) is 4.99 Å². The van der Waals surface area contributed by atoms with E-state index in [4.69, 9.17) is 0 Å². The highest BCUT2D eigenvalue weighted by molar-refractivity contribution is 14.0. The highest BCUT2D eigenvalue weighted by Crippen LogP contribution is 1.98. The Hall–Kier alpha value is 0.220. The van der Waals surface area contributed by atoms with E-state index in [1.54, 1.807) is 0 Å². The normalized spacial score (nSPS) is 16.1. The minimum Gasteiger partial charge on any atom is -0.355 e. The first-order valence-corrected chi connectivity index (χ1v) is 3.45. The summed E-state index contributed by atoms with van der Waals surface area (Å²) in [6, 6.07) is 0. The molecule has 0 unspecified atom stereocenters. The number of aliphatic imine (C=N–C) groups is 1. The lowest BCUT2D eigenvalue weighted by Gasteiger charge is -1.89. The number of hydrogen-bond donors (Lipinski definition) is 1. The Balaban J connectivity index is 0.000000640. The first-order chi connectivity index (χ1) is 3.83. The molecule has 9 heavy (non-hydrogen) atoms. The van der Waals surface area contributed by atoms with Gasteiger partial charge in [-0.05, 0) is 6.26 Å². The third-order valence-electron chi connectivity index (χ3n) is 0.810. The van der Waals surface area contributed by atoms with Crippen molar-refractivity contribution in [1.82, 2.24) is 5.32 Å². The topological polar surface area (TPSA) is 41.5 Å². The van der Waals surface area contributed by atoms with Gasteiger partial charge in [0, 0.05) is 0 Å². The molecule has 0 radical (unpaired) electrons. The summed E-state index contributed by atoms with van der Waals surface area (Å²) in [4.78, 5) is 14.0. The lowest BCUT2D eigenvalue weighted by atomic mass is 10.7. The molecule has 0 spiro atoms. The van der Waals surface area contributed by atoms with Crippen molar-refractivity contribution in [2.45, 2.75) is 0 Å². The monoisotopic (exact) mass is 258 g/mol. The molecular weight excluding hydrogens is 251 g/mol. The molecule has 0 aromatic heterocycles. The minimum atomic E-state index is -0.0747. The summed E-state index contributed by atoms with van der Waals surface area (Å²) >= 11 is 1.45. The summed E-state index contributed by atoms with van der Waals surface area (Å²) in [7, 11) is 0. The molecule has 1 aliphatic rings. The van der Waals surface area contributed by atoms with Gasteiger partial charge in [0.2, 0.25) is 0 Å². The Bertz CT molecular complexity index is 148. The van der Waals surface area contributed by atoms with Gasteiger partial charge in [0.1, 0.15) is 0 Å². The smallest absolute Gasteiger partial charge is 0.267 e. The van der Waals surface area contributed by atoms with Gasteiger partial charge in [0.15, 0.2) is 5.17 Å². The number of nitrogens with one attached hydrogen (secondary N) is 1. The van der Waals surface area contributed by atoms with E-state index in [2.05, 4.69) is 10.3 Å². The van der Waals surface area contributed by atoms with Crippen molar-refractivity contribution in [3.63, 3.8) is 0 Å². The molecule has 0 fully saturated rings. The second-order valence-corrected chi connectivity index (χ2v) is 2.16. The quantitative estimate of drug-likeness (QED) is 0.641. The zero-order valence-electron chi connectivity index (χ0n) is 4.88. The van der Waals surface area contributed by atoms with Crippen molar-refractivity contribution in [1.29, 1.82) is 0 Å². The summed E-state index contributed by atoms with van der Waals surface area (Å²) in [5.74, 6) is -0.0747. The van der Waals surface area contributed by atoms with E-state index in [0.717, 1.165) is 5.17 Å². The molecule has 52 valence electrons. The Morgan fingerprint density at radius 2 is 2.44 bits per heavy atom. The second kappa shape index (κ2) is 4.10. The van der Waals surface area contributed by atoms with Gasteiger partial charge in [-0.1, -0.05) is 11.8 Å². The van der Waals surface area contributed by atoms with Crippen LogP contribution in [0.15, 0.2) is 4.99 Å². The van der Waals surface area contributed by atoms with Gasteiger partial charge >= 0.3 is 0 Å². The molecule has 1 amide bonds. The number of hydrogen-bond acceptors (Lipinski definition) is 3. The lowest BCUT2D eigenvalue weighted by molar-refractivity contribution is -0.116. The van der Waals surface area contributed by atoms with Gasteiger partial charge in [-0.3, -0.25) is 4.79 Å². The van der Waals surface area contributed by atoms with E-state index in [-0.39, 0.29) is 29.9 Å². The average Bonchev–Trinajstić information content (AvgIpc) is 2.14. The van der Waals surface area contributed by atoms with Gasteiger partial charge < -0.3 is 5.32 Å². The van der Waals surface area contributed by atoms with Crippen LogP contribution in [0.25, 0.3) is 0 Å². The SMILES string of the molecule is CSC1=NC(=O)CN1.I. The van der Waals surface area contributed by atoms with Crippen molar-refractivity contribution < 1.29 is 4.79 Å². The van der Waals surface area contributed by atoms with Crippen LogP contribution in [0.5, 0.6) is 0 Å². The Morgan fingerprint density at radius 3 is 2.67 bits per heavy atom. The number of nitrogens with zero attached hydrogens (tertiary/aromatic N) is 1. The van der Waals surface area contributed by atoms with Crippen molar-refractivity contribution in [2.24, 2.45) is 4.99 Å². The van der Waals surface area contributed by atoms with Crippen molar-refractivity contribution >= 4 is 46.8 Å². The number of amidine groups is 1. The number of carbonyl (C=O) groups is 1. The molecule has 1 aliphatic heterocycles. The van der Waals surface area contributed by atoms with Crippen molar-refractivity contribution in [3.05, 3.63) is 0 Å². The standard InChI is InChI=1S/C4H6N2OS.HI/c1-8-4-5-2-3(7)6-4;/h2H2,1H3,(H,5,6,7);1H. The Kier molecular flexibility index (Phi) is 4.20. The molecule has 1 N–H and O–H groups in total. The zero-order chi connectivity index (χ0) is 5.98. The van der Waals surface area contributed by atoms with E-state index in [1.165, 1.54) is 11.8 Å². The lowest BCUT2D eigenvalue weighted by Crippen LogP contribution is -2.15. The van der Waals surface area contributed by atoms with E-state index in [0.29, 0.717) is 6.54 Å². The summed E-state index contributed by atoms with van der Waals surface area (Å²) in [6.45, 7) is 0.371. The number of amides is 1. The molecule has 1 heterocycles. The van der Waals surface area contributed by atoms with Crippen molar-refractivity contribution in [2.75, 3.05) is 12.8 Å². The van der Waals surface area contributed by atoms with Gasteiger partial charge in [0.05, 0.1) is 6.54 Å². The summed E-state index contributed by atoms with van der Waals surface area (Å²) in [6.07, 6.45) is 1.88. The maximum absolute atomic E-state index is 10.3. The second-order valence-electron chi connectivity index (χ2n) is 1.37. The first-order valence-electron chi connectivity index (χ1n) is 2.22. The van der Waals surface area contributed by atoms with Gasteiger partial charge in [0.25, 0.3) is 5.91 Å². The summed E-state index contributed by atoms with van der Waals surface area (Å²) < 4.78 is 0. The molecule has 0 bridgehead atoms. The average molecular weight is 258 g/mol. The third kappa shape index (κ3) is 2.53. The van der Waals surface area contributed by atoms with Crippen LogP contribution >= 0.6 is 35.7 Å². The van der Waals surface area contributed by atoms with Crippen LogP contribution in [0.2, 0.25) is 0 Å². The molecule has 0 aliphatic carbocycles. The van der Waals surface area contributed by atoms with Crippen molar-refractivity contribution in [3.8, 4) is 0 Å². The minimum absolute atomic E-state index is 0.